The third kappa shape index (κ3) is 7.21. The Kier molecular flexibility index (Phi) is 7.99. The van der Waals surface area contributed by atoms with Gasteiger partial charge in [-0.1, -0.05) is 13.8 Å². The predicted molar refractivity (Wildman–Crippen MR) is 61.5 cm³/mol. The van der Waals surface area contributed by atoms with E-state index in [0.717, 1.165) is 5.75 Å². The molecular formula is C10H21NO2S. The minimum Gasteiger partial charge on any atom is -0.396 e. The van der Waals surface area contributed by atoms with Gasteiger partial charge in [0.2, 0.25) is 5.91 Å². The minimum absolute atomic E-state index is 0.0903. The molecule has 0 saturated carbocycles. The van der Waals surface area contributed by atoms with Crippen molar-refractivity contribution in [1.29, 1.82) is 0 Å². The third-order valence-corrected chi connectivity index (χ3v) is 2.54. The Labute approximate surface area is 90.7 Å². The molecule has 0 radical (unpaired) electrons. The van der Waals surface area contributed by atoms with E-state index in [9.17, 15) is 4.79 Å². The van der Waals surface area contributed by atoms with Crippen LogP contribution in [0.3, 0.4) is 0 Å². The van der Waals surface area contributed by atoms with Gasteiger partial charge in [-0.2, -0.15) is 11.8 Å². The first-order valence-electron chi connectivity index (χ1n) is 4.99. The monoisotopic (exact) mass is 219 g/mol. The van der Waals surface area contributed by atoms with E-state index in [-0.39, 0.29) is 18.6 Å². The van der Waals surface area contributed by atoms with Crippen LogP contribution >= 0.6 is 11.8 Å². The maximum absolute atomic E-state index is 11.4. The highest BCUT2D eigenvalue weighted by Crippen LogP contribution is 2.04. The summed E-state index contributed by atoms with van der Waals surface area (Å²) >= 11 is 1.68. The largest absolute Gasteiger partial charge is 0.396 e. The van der Waals surface area contributed by atoms with Gasteiger partial charge in [0.05, 0.1) is 0 Å². The summed E-state index contributed by atoms with van der Waals surface area (Å²) in [6.45, 7) is 4.18. The highest BCUT2D eigenvalue weighted by Gasteiger charge is 2.11. The standard InChI is InChI=1S/C10H21NO2S/c1-8(2)6-10(13)11-9(4-5-12)7-14-3/h8-9,12H,4-7H2,1-3H3,(H,11,13). The van der Waals surface area contributed by atoms with Crippen LogP contribution in [0.5, 0.6) is 0 Å². The molecule has 14 heavy (non-hydrogen) atoms. The Hall–Kier alpha value is -0.220. The highest BCUT2D eigenvalue weighted by atomic mass is 32.2. The van der Waals surface area contributed by atoms with Gasteiger partial charge in [0.15, 0.2) is 0 Å². The molecule has 0 rings (SSSR count). The summed E-state index contributed by atoms with van der Waals surface area (Å²) in [5.41, 5.74) is 0. The Morgan fingerprint density at radius 3 is 2.57 bits per heavy atom. The molecule has 0 aliphatic rings. The van der Waals surface area contributed by atoms with Gasteiger partial charge in [-0.3, -0.25) is 4.79 Å². The molecule has 0 saturated heterocycles. The topological polar surface area (TPSA) is 49.3 Å². The lowest BCUT2D eigenvalue weighted by Crippen LogP contribution is -2.37. The van der Waals surface area contributed by atoms with E-state index in [2.05, 4.69) is 5.32 Å². The SMILES string of the molecule is CSCC(CCO)NC(=O)CC(C)C. The second-order valence-electron chi connectivity index (χ2n) is 3.83. The van der Waals surface area contributed by atoms with Crippen LogP contribution in [-0.4, -0.2) is 35.7 Å². The molecule has 0 aliphatic carbocycles. The summed E-state index contributed by atoms with van der Waals surface area (Å²) in [5.74, 6) is 1.34. The second-order valence-corrected chi connectivity index (χ2v) is 4.74. The van der Waals surface area contributed by atoms with Crippen molar-refractivity contribution in [3.8, 4) is 0 Å². The molecule has 0 aromatic rings. The molecule has 0 aromatic heterocycles. The maximum Gasteiger partial charge on any atom is 0.220 e. The smallest absolute Gasteiger partial charge is 0.220 e. The van der Waals surface area contributed by atoms with Crippen LogP contribution in [0.1, 0.15) is 26.7 Å². The van der Waals surface area contributed by atoms with Gasteiger partial charge in [-0.25, -0.2) is 0 Å². The van der Waals surface area contributed by atoms with Gasteiger partial charge in [0, 0.05) is 24.8 Å². The number of nitrogens with one attached hydrogen (secondary N) is 1. The maximum atomic E-state index is 11.4. The van der Waals surface area contributed by atoms with Crippen LogP contribution in [0.2, 0.25) is 0 Å². The predicted octanol–water partition coefficient (Wildman–Crippen LogP) is 1.26. The summed E-state index contributed by atoms with van der Waals surface area (Å²) < 4.78 is 0. The van der Waals surface area contributed by atoms with Crippen molar-refractivity contribution in [2.75, 3.05) is 18.6 Å². The van der Waals surface area contributed by atoms with Crippen molar-refractivity contribution in [2.24, 2.45) is 5.92 Å². The molecular weight excluding hydrogens is 198 g/mol. The minimum atomic E-state index is 0.0903. The zero-order chi connectivity index (χ0) is 11.0. The van der Waals surface area contributed by atoms with Gasteiger partial charge in [0.1, 0.15) is 0 Å². The second kappa shape index (κ2) is 8.12. The number of thioether (sulfide) groups is 1. The number of amides is 1. The zero-order valence-electron chi connectivity index (χ0n) is 9.25. The van der Waals surface area contributed by atoms with Gasteiger partial charge < -0.3 is 10.4 Å². The molecule has 0 spiro atoms. The molecule has 1 unspecified atom stereocenters. The average Bonchev–Trinajstić information content (AvgIpc) is 2.03. The molecule has 84 valence electrons. The lowest BCUT2D eigenvalue weighted by molar-refractivity contribution is -0.122. The van der Waals surface area contributed by atoms with E-state index < -0.39 is 0 Å². The lowest BCUT2D eigenvalue weighted by Gasteiger charge is -2.17. The van der Waals surface area contributed by atoms with E-state index in [0.29, 0.717) is 18.8 Å². The third-order valence-electron chi connectivity index (χ3n) is 1.80. The van der Waals surface area contributed by atoms with Gasteiger partial charge in [-0.05, 0) is 18.6 Å². The molecule has 2 N–H and O–H groups in total. The first kappa shape index (κ1) is 13.8. The average molecular weight is 219 g/mol. The number of aliphatic hydroxyl groups is 1. The van der Waals surface area contributed by atoms with Crippen molar-refractivity contribution < 1.29 is 9.90 Å². The first-order chi connectivity index (χ1) is 6.60. The molecule has 1 atom stereocenters. The van der Waals surface area contributed by atoms with Gasteiger partial charge in [-0.15, -0.1) is 0 Å². The van der Waals surface area contributed by atoms with Crippen LogP contribution in [-0.2, 0) is 4.79 Å². The van der Waals surface area contributed by atoms with E-state index in [4.69, 9.17) is 5.11 Å². The van der Waals surface area contributed by atoms with Gasteiger partial charge in [0.25, 0.3) is 0 Å². The van der Waals surface area contributed by atoms with Crippen molar-refractivity contribution in [1.82, 2.24) is 5.32 Å². The summed E-state index contributed by atoms with van der Waals surface area (Å²) in [7, 11) is 0. The first-order valence-corrected chi connectivity index (χ1v) is 6.38. The van der Waals surface area contributed by atoms with E-state index >= 15 is 0 Å². The molecule has 3 nitrogen and oxygen atoms in total. The molecule has 0 heterocycles. The van der Waals surface area contributed by atoms with Crippen LogP contribution in [0, 0.1) is 5.92 Å². The summed E-state index contributed by atoms with van der Waals surface area (Å²) in [6.07, 6.45) is 3.21. The van der Waals surface area contributed by atoms with Gasteiger partial charge >= 0.3 is 0 Å². The number of aliphatic hydroxyl groups excluding tert-OH is 1. The Morgan fingerprint density at radius 1 is 1.50 bits per heavy atom. The van der Waals surface area contributed by atoms with Crippen molar-refractivity contribution in [2.45, 2.75) is 32.7 Å². The molecule has 0 aromatic carbocycles. The number of carbonyl (C=O) groups is 1. The lowest BCUT2D eigenvalue weighted by atomic mass is 10.1. The zero-order valence-corrected chi connectivity index (χ0v) is 10.1. The van der Waals surface area contributed by atoms with Crippen molar-refractivity contribution in [3.63, 3.8) is 0 Å². The normalized spacial score (nSPS) is 12.9. The Morgan fingerprint density at radius 2 is 2.14 bits per heavy atom. The number of carbonyl (C=O) groups excluding carboxylic acids is 1. The number of rotatable bonds is 7. The summed E-state index contributed by atoms with van der Waals surface area (Å²) in [4.78, 5) is 11.4. The number of hydrogen-bond donors (Lipinski definition) is 2. The Bertz CT molecular complexity index is 156. The molecule has 0 bridgehead atoms. The fraction of sp³-hybridized carbons (Fsp3) is 0.900. The molecule has 0 fully saturated rings. The van der Waals surface area contributed by atoms with E-state index in [1.807, 2.05) is 20.1 Å². The Balaban J connectivity index is 3.82. The van der Waals surface area contributed by atoms with Crippen LogP contribution in [0.4, 0.5) is 0 Å². The quantitative estimate of drug-likeness (QED) is 0.678. The fourth-order valence-electron chi connectivity index (χ4n) is 1.21. The molecule has 1 amide bonds. The molecule has 0 aliphatic heterocycles. The van der Waals surface area contributed by atoms with E-state index in [1.165, 1.54) is 0 Å². The summed E-state index contributed by atoms with van der Waals surface area (Å²) in [5, 5.41) is 11.7. The molecule has 4 heteroatoms. The highest BCUT2D eigenvalue weighted by molar-refractivity contribution is 7.98. The van der Waals surface area contributed by atoms with Crippen LogP contribution in [0.15, 0.2) is 0 Å². The number of hydrogen-bond acceptors (Lipinski definition) is 3. The van der Waals surface area contributed by atoms with E-state index in [1.54, 1.807) is 11.8 Å². The fourth-order valence-corrected chi connectivity index (χ4v) is 1.86. The van der Waals surface area contributed by atoms with Crippen LogP contribution < -0.4 is 5.32 Å². The van der Waals surface area contributed by atoms with Crippen molar-refractivity contribution >= 4 is 17.7 Å². The van der Waals surface area contributed by atoms with Crippen LogP contribution in [0.25, 0.3) is 0 Å². The van der Waals surface area contributed by atoms with Crippen molar-refractivity contribution in [3.05, 3.63) is 0 Å². The summed E-state index contributed by atoms with van der Waals surface area (Å²) in [6, 6.07) is 0.112.